The highest BCUT2D eigenvalue weighted by Crippen LogP contribution is 2.16. The highest BCUT2D eigenvalue weighted by molar-refractivity contribution is 5.94. The van der Waals surface area contributed by atoms with Crippen LogP contribution in [0.15, 0.2) is 24.3 Å². The highest BCUT2D eigenvalue weighted by atomic mass is 19.1. The quantitative estimate of drug-likeness (QED) is 0.850. The van der Waals surface area contributed by atoms with E-state index >= 15 is 0 Å². The number of nitrogens with zero attached hydrogens (tertiary/aromatic N) is 1. The SMILES string of the molecule is CC(N)C(C)C(=O)N(C)c1ccc(F)cc1. The van der Waals surface area contributed by atoms with Crippen molar-refractivity contribution in [2.45, 2.75) is 19.9 Å². The first-order chi connectivity index (χ1) is 7.43. The number of amides is 1. The maximum absolute atomic E-state index is 12.7. The molecule has 0 aliphatic heterocycles. The molecular weight excluding hydrogens is 207 g/mol. The molecule has 0 aliphatic rings. The van der Waals surface area contributed by atoms with Crippen LogP contribution in [0, 0.1) is 11.7 Å². The van der Waals surface area contributed by atoms with E-state index in [1.165, 1.54) is 17.0 Å². The lowest BCUT2D eigenvalue weighted by Gasteiger charge is -2.23. The molecule has 1 aromatic carbocycles. The van der Waals surface area contributed by atoms with Gasteiger partial charge in [0, 0.05) is 18.8 Å². The Hall–Kier alpha value is -1.42. The third kappa shape index (κ3) is 2.79. The van der Waals surface area contributed by atoms with Gasteiger partial charge in [0.2, 0.25) is 5.91 Å². The number of hydrogen-bond acceptors (Lipinski definition) is 2. The fourth-order valence-electron chi connectivity index (χ4n) is 1.32. The molecule has 88 valence electrons. The summed E-state index contributed by atoms with van der Waals surface area (Å²) < 4.78 is 12.7. The number of carbonyl (C=O) groups is 1. The Morgan fingerprint density at radius 1 is 1.31 bits per heavy atom. The molecule has 1 rings (SSSR count). The monoisotopic (exact) mass is 224 g/mol. The maximum atomic E-state index is 12.7. The second kappa shape index (κ2) is 5.07. The summed E-state index contributed by atoms with van der Waals surface area (Å²) in [6, 6.07) is 5.60. The van der Waals surface area contributed by atoms with Crippen LogP contribution in [0.4, 0.5) is 10.1 Å². The lowest BCUT2D eigenvalue weighted by atomic mass is 10.0. The molecule has 0 heterocycles. The third-order valence-corrected chi connectivity index (χ3v) is 2.72. The van der Waals surface area contributed by atoms with Gasteiger partial charge in [0.25, 0.3) is 0 Å². The van der Waals surface area contributed by atoms with E-state index in [4.69, 9.17) is 5.73 Å². The first-order valence-electron chi connectivity index (χ1n) is 5.22. The third-order valence-electron chi connectivity index (χ3n) is 2.72. The van der Waals surface area contributed by atoms with Gasteiger partial charge in [0.15, 0.2) is 0 Å². The number of carbonyl (C=O) groups excluding carboxylic acids is 1. The van der Waals surface area contributed by atoms with E-state index in [0.717, 1.165) is 0 Å². The Morgan fingerprint density at radius 2 is 1.81 bits per heavy atom. The van der Waals surface area contributed by atoms with Gasteiger partial charge in [0.1, 0.15) is 5.82 Å². The Labute approximate surface area is 95.0 Å². The van der Waals surface area contributed by atoms with Crippen molar-refractivity contribution in [3.05, 3.63) is 30.1 Å². The molecule has 0 bridgehead atoms. The van der Waals surface area contributed by atoms with Gasteiger partial charge in [-0.1, -0.05) is 6.92 Å². The number of anilines is 1. The zero-order valence-corrected chi connectivity index (χ0v) is 9.77. The van der Waals surface area contributed by atoms with Gasteiger partial charge in [-0.3, -0.25) is 4.79 Å². The van der Waals surface area contributed by atoms with Crippen LogP contribution in [0.3, 0.4) is 0 Å². The van der Waals surface area contributed by atoms with Gasteiger partial charge in [0.05, 0.1) is 5.92 Å². The first kappa shape index (κ1) is 12.6. The Bertz CT molecular complexity index is 362. The molecule has 0 radical (unpaired) electrons. The molecule has 0 spiro atoms. The van der Waals surface area contributed by atoms with Crippen LogP contribution in [0.25, 0.3) is 0 Å². The highest BCUT2D eigenvalue weighted by Gasteiger charge is 2.21. The largest absolute Gasteiger partial charge is 0.327 e. The summed E-state index contributed by atoms with van der Waals surface area (Å²) in [5, 5.41) is 0. The van der Waals surface area contributed by atoms with Crippen molar-refractivity contribution in [2.24, 2.45) is 11.7 Å². The molecule has 1 aromatic rings. The van der Waals surface area contributed by atoms with Crippen LogP contribution in [0.1, 0.15) is 13.8 Å². The first-order valence-corrected chi connectivity index (χ1v) is 5.22. The Balaban J connectivity index is 2.82. The number of benzene rings is 1. The normalized spacial score (nSPS) is 14.3. The molecule has 2 N–H and O–H groups in total. The molecule has 2 unspecified atom stereocenters. The number of halogens is 1. The van der Waals surface area contributed by atoms with Crippen molar-refractivity contribution in [3.8, 4) is 0 Å². The van der Waals surface area contributed by atoms with Crippen molar-refractivity contribution in [2.75, 3.05) is 11.9 Å². The van der Waals surface area contributed by atoms with E-state index in [-0.39, 0.29) is 23.7 Å². The molecule has 0 saturated heterocycles. The van der Waals surface area contributed by atoms with E-state index in [1.807, 2.05) is 0 Å². The standard InChI is InChI=1S/C12H17FN2O/c1-8(9(2)14)12(16)15(3)11-6-4-10(13)5-7-11/h4-9H,14H2,1-3H3. The minimum Gasteiger partial charge on any atom is -0.327 e. The van der Waals surface area contributed by atoms with Gasteiger partial charge < -0.3 is 10.6 Å². The smallest absolute Gasteiger partial charge is 0.231 e. The predicted octanol–water partition coefficient (Wildman–Crippen LogP) is 1.77. The van der Waals surface area contributed by atoms with Crippen LogP contribution in [0.5, 0.6) is 0 Å². The van der Waals surface area contributed by atoms with Gasteiger partial charge in [-0.25, -0.2) is 4.39 Å². The average Bonchev–Trinajstić information content (AvgIpc) is 2.27. The van der Waals surface area contributed by atoms with Crippen molar-refractivity contribution in [3.63, 3.8) is 0 Å². The van der Waals surface area contributed by atoms with Crippen LogP contribution in [-0.4, -0.2) is 19.0 Å². The van der Waals surface area contributed by atoms with Gasteiger partial charge in [-0.2, -0.15) is 0 Å². The van der Waals surface area contributed by atoms with Crippen molar-refractivity contribution < 1.29 is 9.18 Å². The van der Waals surface area contributed by atoms with Crippen molar-refractivity contribution in [1.29, 1.82) is 0 Å². The summed E-state index contributed by atoms with van der Waals surface area (Å²) in [5.74, 6) is -0.637. The topological polar surface area (TPSA) is 46.3 Å². The lowest BCUT2D eigenvalue weighted by Crippen LogP contribution is -2.39. The van der Waals surface area contributed by atoms with Crippen molar-refractivity contribution >= 4 is 11.6 Å². The molecule has 16 heavy (non-hydrogen) atoms. The molecular formula is C12H17FN2O. The zero-order valence-electron chi connectivity index (χ0n) is 9.77. The van der Waals surface area contributed by atoms with Gasteiger partial charge >= 0.3 is 0 Å². The number of rotatable bonds is 3. The summed E-state index contributed by atoms with van der Waals surface area (Å²) in [7, 11) is 1.66. The maximum Gasteiger partial charge on any atom is 0.231 e. The molecule has 0 aromatic heterocycles. The fourth-order valence-corrected chi connectivity index (χ4v) is 1.32. The summed E-state index contributed by atoms with van der Waals surface area (Å²) in [5.41, 5.74) is 6.33. The van der Waals surface area contributed by atoms with Crippen LogP contribution in [0.2, 0.25) is 0 Å². The minimum absolute atomic E-state index is 0.0680. The van der Waals surface area contributed by atoms with E-state index in [1.54, 1.807) is 33.0 Å². The summed E-state index contributed by atoms with van der Waals surface area (Å²) in [4.78, 5) is 13.4. The van der Waals surface area contributed by atoms with Crippen LogP contribution < -0.4 is 10.6 Å². The molecule has 4 heteroatoms. The van der Waals surface area contributed by atoms with Crippen LogP contribution >= 0.6 is 0 Å². The molecule has 0 aliphatic carbocycles. The lowest BCUT2D eigenvalue weighted by molar-refractivity contribution is -0.122. The van der Waals surface area contributed by atoms with Crippen molar-refractivity contribution in [1.82, 2.24) is 0 Å². The molecule has 2 atom stereocenters. The molecule has 1 amide bonds. The van der Waals surface area contributed by atoms with Gasteiger partial charge in [-0.15, -0.1) is 0 Å². The van der Waals surface area contributed by atoms with E-state index in [2.05, 4.69) is 0 Å². The van der Waals surface area contributed by atoms with E-state index < -0.39 is 0 Å². The number of nitrogens with two attached hydrogens (primary N) is 1. The molecule has 0 fully saturated rings. The minimum atomic E-state index is -0.315. The fraction of sp³-hybridized carbons (Fsp3) is 0.417. The van der Waals surface area contributed by atoms with Crippen LogP contribution in [-0.2, 0) is 4.79 Å². The van der Waals surface area contributed by atoms with E-state index in [0.29, 0.717) is 5.69 Å². The predicted molar refractivity (Wildman–Crippen MR) is 62.6 cm³/mol. The Kier molecular flexibility index (Phi) is 4.01. The second-order valence-corrected chi connectivity index (χ2v) is 4.02. The average molecular weight is 224 g/mol. The Morgan fingerprint density at radius 3 is 2.25 bits per heavy atom. The van der Waals surface area contributed by atoms with Gasteiger partial charge in [-0.05, 0) is 31.2 Å². The second-order valence-electron chi connectivity index (χ2n) is 4.02. The molecule has 0 saturated carbocycles. The number of hydrogen-bond donors (Lipinski definition) is 1. The summed E-state index contributed by atoms with van der Waals surface area (Å²) in [6.45, 7) is 3.58. The summed E-state index contributed by atoms with van der Waals surface area (Å²) in [6.07, 6.45) is 0. The molecule has 3 nitrogen and oxygen atoms in total. The summed E-state index contributed by atoms with van der Waals surface area (Å²) >= 11 is 0. The van der Waals surface area contributed by atoms with E-state index in [9.17, 15) is 9.18 Å². The zero-order chi connectivity index (χ0) is 12.3.